The third-order valence-corrected chi connectivity index (χ3v) is 7.07. The lowest BCUT2D eigenvalue weighted by molar-refractivity contribution is 0.0416. The van der Waals surface area contributed by atoms with Gasteiger partial charge in [0.2, 0.25) is 0 Å². The molecule has 8 heteroatoms. The summed E-state index contributed by atoms with van der Waals surface area (Å²) >= 11 is 4.60. The molecule has 0 saturated heterocycles. The molecule has 0 aromatic heterocycles. The van der Waals surface area contributed by atoms with Crippen LogP contribution in [0.4, 0.5) is 0 Å². The van der Waals surface area contributed by atoms with Crippen LogP contribution >= 0.6 is 45.2 Å². The maximum absolute atomic E-state index is 6.36. The van der Waals surface area contributed by atoms with Crippen molar-refractivity contribution in [2.45, 2.75) is 0 Å². The van der Waals surface area contributed by atoms with Gasteiger partial charge in [-0.2, -0.15) is 0 Å². The van der Waals surface area contributed by atoms with Crippen LogP contribution in [0.25, 0.3) is 32.7 Å². The highest BCUT2D eigenvalue weighted by molar-refractivity contribution is 14.1. The van der Waals surface area contributed by atoms with E-state index in [1.54, 1.807) is 0 Å². The van der Waals surface area contributed by atoms with Gasteiger partial charge in [0.25, 0.3) is 0 Å². The fourth-order valence-corrected chi connectivity index (χ4v) is 5.06. The first-order chi connectivity index (χ1) is 19.8. The summed E-state index contributed by atoms with van der Waals surface area (Å²) in [6.07, 6.45) is 0. The monoisotopic (exact) mass is 770 g/mol. The van der Waals surface area contributed by atoms with E-state index in [1.165, 1.54) is 0 Å². The second-order valence-corrected chi connectivity index (χ2v) is 11.0. The Labute approximate surface area is 263 Å². The van der Waals surface area contributed by atoms with E-state index in [1.807, 2.05) is 12.1 Å². The number of hydrogen-bond acceptors (Lipinski definition) is 6. The summed E-state index contributed by atoms with van der Waals surface area (Å²) in [6.45, 7) is 5.63. The van der Waals surface area contributed by atoms with Gasteiger partial charge in [-0.15, -0.1) is 0 Å². The van der Waals surface area contributed by atoms with Gasteiger partial charge in [-0.1, -0.05) is 106 Å². The molecule has 40 heavy (non-hydrogen) atoms. The standard InChI is InChI=1S/C32H36I2O6/c33-13-15-35-17-19-37-21-23-39-29-11-9-25-5-1-3-7-27(25)31(29)32-28-8-4-2-6-26(28)10-12-30(32)40-24-22-38-20-18-36-16-14-34/h1-12H,13-24H2. The highest BCUT2D eigenvalue weighted by atomic mass is 127. The van der Waals surface area contributed by atoms with Crippen LogP contribution in [0.1, 0.15) is 0 Å². The molecule has 0 amide bonds. The van der Waals surface area contributed by atoms with Crippen molar-refractivity contribution >= 4 is 66.7 Å². The Morgan fingerprint density at radius 1 is 0.400 bits per heavy atom. The Morgan fingerprint density at radius 3 is 1.20 bits per heavy atom. The zero-order chi connectivity index (χ0) is 27.8. The van der Waals surface area contributed by atoms with Crippen LogP contribution < -0.4 is 9.47 Å². The first kappa shape index (κ1) is 31.2. The summed E-state index contributed by atoms with van der Waals surface area (Å²) in [4.78, 5) is 0. The van der Waals surface area contributed by atoms with Crippen molar-refractivity contribution in [1.82, 2.24) is 0 Å². The van der Waals surface area contributed by atoms with E-state index in [-0.39, 0.29) is 0 Å². The quantitative estimate of drug-likeness (QED) is 0.0565. The molecule has 4 aromatic rings. The lowest BCUT2D eigenvalue weighted by atomic mass is 9.92. The molecule has 0 saturated carbocycles. The molecule has 0 fully saturated rings. The molecule has 0 radical (unpaired) electrons. The molecule has 0 unspecified atom stereocenters. The van der Waals surface area contributed by atoms with Crippen molar-refractivity contribution in [3.05, 3.63) is 72.8 Å². The van der Waals surface area contributed by atoms with E-state index in [2.05, 4.69) is 106 Å². The molecule has 0 aliphatic heterocycles. The minimum atomic E-state index is 0.437. The summed E-state index contributed by atoms with van der Waals surface area (Å²) < 4.78 is 37.1. The Morgan fingerprint density at radius 2 is 0.775 bits per heavy atom. The maximum atomic E-state index is 6.36. The molecule has 0 spiro atoms. The van der Waals surface area contributed by atoms with E-state index in [4.69, 9.17) is 28.4 Å². The molecule has 0 bridgehead atoms. The van der Waals surface area contributed by atoms with E-state index in [0.29, 0.717) is 52.9 Å². The number of ether oxygens (including phenoxy) is 6. The van der Waals surface area contributed by atoms with Crippen LogP contribution in [-0.2, 0) is 18.9 Å². The second-order valence-electron chi connectivity index (χ2n) is 8.84. The number of fused-ring (bicyclic) bond motifs is 2. The molecule has 0 aliphatic carbocycles. The van der Waals surface area contributed by atoms with E-state index >= 15 is 0 Å². The van der Waals surface area contributed by atoms with Crippen molar-refractivity contribution in [3.8, 4) is 22.6 Å². The smallest absolute Gasteiger partial charge is 0.128 e. The molecule has 4 rings (SSSR count). The van der Waals surface area contributed by atoms with Crippen molar-refractivity contribution in [2.75, 3.05) is 74.9 Å². The Kier molecular flexibility index (Phi) is 14.0. The second kappa shape index (κ2) is 18.0. The summed E-state index contributed by atoms with van der Waals surface area (Å²) in [5.41, 5.74) is 2.03. The number of halogens is 2. The van der Waals surface area contributed by atoms with Gasteiger partial charge in [0, 0.05) is 20.0 Å². The van der Waals surface area contributed by atoms with Gasteiger partial charge in [-0.25, -0.2) is 0 Å². The molecule has 4 aromatic carbocycles. The minimum Gasteiger partial charge on any atom is -0.491 e. The van der Waals surface area contributed by atoms with Crippen LogP contribution in [0.2, 0.25) is 0 Å². The predicted octanol–water partition coefficient (Wildman–Crippen LogP) is 7.35. The van der Waals surface area contributed by atoms with Crippen LogP contribution in [0.5, 0.6) is 11.5 Å². The zero-order valence-corrected chi connectivity index (χ0v) is 26.9. The Bertz CT molecular complexity index is 1210. The summed E-state index contributed by atoms with van der Waals surface area (Å²) in [7, 11) is 0. The number of alkyl halides is 2. The SMILES string of the molecule is ICCOCCOCCOc1ccc2ccccc2c1-c1c(OCCOCCOCCI)ccc2ccccc12. The van der Waals surface area contributed by atoms with Crippen LogP contribution in [-0.4, -0.2) is 74.9 Å². The topological polar surface area (TPSA) is 55.4 Å². The third-order valence-electron chi connectivity index (χ3n) is 6.19. The third kappa shape index (κ3) is 9.15. The molecular formula is C32H36I2O6. The first-order valence-electron chi connectivity index (χ1n) is 13.6. The average molecular weight is 770 g/mol. The summed E-state index contributed by atoms with van der Waals surface area (Å²) in [6, 6.07) is 25.1. The Balaban J connectivity index is 1.57. The number of hydrogen-bond donors (Lipinski definition) is 0. The minimum absolute atomic E-state index is 0.437. The van der Waals surface area contributed by atoms with Gasteiger partial charge in [-0.05, 0) is 33.7 Å². The highest BCUT2D eigenvalue weighted by Gasteiger charge is 2.19. The predicted molar refractivity (Wildman–Crippen MR) is 179 cm³/mol. The van der Waals surface area contributed by atoms with Crippen molar-refractivity contribution in [1.29, 1.82) is 0 Å². The van der Waals surface area contributed by atoms with Gasteiger partial charge < -0.3 is 28.4 Å². The largest absolute Gasteiger partial charge is 0.491 e. The molecule has 0 heterocycles. The Hall–Kier alpha value is -1.70. The van der Waals surface area contributed by atoms with Gasteiger partial charge in [0.1, 0.15) is 24.7 Å². The highest BCUT2D eigenvalue weighted by Crippen LogP contribution is 2.45. The summed E-state index contributed by atoms with van der Waals surface area (Å²) in [5, 5.41) is 4.50. The van der Waals surface area contributed by atoms with E-state index in [0.717, 1.165) is 66.2 Å². The summed E-state index contributed by atoms with van der Waals surface area (Å²) in [5.74, 6) is 1.60. The van der Waals surface area contributed by atoms with E-state index < -0.39 is 0 Å². The van der Waals surface area contributed by atoms with E-state index in [9.17, 15) is 0 Å². The first-order valence-corrected chi connectivity index (χ1v) is 16.6. The fourth-order valence-electron chi connectivity index (χ4n) is 4.43. The van der Waals surface area contributed by atoms with Crippen molar-refractivity contribution in [2.24, 2.45) is 0 Å². The lowest BCUT2D eigenvalue weighted by Crippen LogP contribution is -2.12. The number of rotatable bonds is 19. The fraction of sp³-hybridized carbons (Fsp3) is 0.375. The molecule has 0 atom stereocenters. The molecule has 214 valence electrons. The van der Waals surface area contributed by atoms with Crippen LogP contribution in [0.3, 0.4) is 0 Å². The van der Waals surface area contributed by atoms with Crippen LogP contribution in [0.15, 0.2) is 72.8 Å². The normalized spacial score (nSPS) is 11.3. The maximum Gasteiger partial charge on any atom is 0.128 e. The van der Waals surface area contributed by atoms with Gasteiger partial charge in [0.05, 0.1) is 52.9 Å². The average Bonchev–Trinajstić information content (AvgIpc) is 2.99. The molecule has 0 N–H and O–H groups in total. The van der Waals surface area contributed by atoms with Crippen LogP contribution in [0, 0.1) is 0 Å². The lowest BCUT2D eigenvalue weighted by Gasteiger charge is -2.20. The molecular weight excluding hydrogens is 734 g/mol. The van der Waals surface area contributed by atoms with Crippen molar-refractivity contribution in [3.63, 3.8) is 0 Å². The number of benzene rings is 4. The van der Waals surface area contributed by atoms with Gasteiger partial charge in [-0.3, -0.25) is 0 Å². The van der Waals surface area contributed by atoms with Gasteiger partial charge in [0.15, 0.2) is 0 Å². The molecule has 6 nitrogen and oxygen atoms in total. The molecule has 0 aliphatic rings. The van der Waals surface area contributed by atoms with Crippen molar-refractivity contribution < 1.29 is 28.4 Å². The van der Waals surface area contributed by atoms with Gasteiger partial charge >= 0.3 is 0 Å². The zero-order valence-electron chi connectivity index (χ0n) is 22.6.